The lowest BCUT2D eigenvalue weighted by Crippen LogP contribution is -2.48. The van der Waals surface area contributed by atoms with E-state index in [1.807, 2.05) is 0 Å². The van der Waals surface area contributed by atoms with Gasteiger partial charge in [-0.15, -0.1) is 0 Å². The highest BCUT2D eigenvalue weighted by molar-refractivity contribution is 6.03. The van der Waals surface area contributed by atoms with Gasteiger partial charge in [0, 0.05) is 50.9 Å². The first-order valence-electron chi connectivity index (χ1n) is 9.07. The lowest BCUT2D eigenvalue weighted by molar-refractivity contribution is -0.129. The zero-order chi connectivity index (χ0) is 19.7. The second-order valence-corrected chi connectivity index (χ2v) is 6.67. The Hall–Kier alpha value is -3.36. The average Bonchev–Trinajstić information content (AvgIpc) is 3.15. The highest BCUT2D eigenvalue weighted by Gasteiger charge is 2.22. The van der Waals surface area contributed by atoms with E-state index < -0.39 is 0 Å². The number of carbonyl (C=O) groups excluding carboxylic acids is 2. The van der Waals surface area contributed by atoms with Crippen molar-refractivity contribution < 1.29 is 19.1 Å². The number of rotatable bonds is 3. The van der Waals surface area contributed by atoms with Crippen molar-refractivity contribution in [2.75, 3.05) is 43.2 Å². The molecular formula is C19H21N5O4. The van der Waals surface area contributed by atoms with E-state index in [-0.39, 0.29) is 24.3 Å². The summed E-state index contributed by atoms with van der Waals surface area (Å²) in [6, 6.07) is 6.90. The van der Waals surface area contributed by atoms with Gasteiger partial charge in [0.1, 0.15) is 17.3 Å². The minimum atomic E-state index is -0.326. The summed E-state index contributed by atoms with van der Waals surface area (Å²) >= 11 is 0. The predicted molar refractivity (Wildman–Crippen MR) is 102 cm³/mol. The third-order valence-electron chi connectivity index (χ3n) is 4.74. The molecule has 0 aliphatic carbocycles. The minimum Gasteiger partial charge on any atom is -0.454 e. The third kappa shape index (κ3) is 3.68. The molecule has 0 unspecified atom stereocenters. The number of hydrogen-bond acceptors (Lipinski definition) is 7. The molecule has 0 atom stereocenters. The molecule has 0 bridgehead atoms. The molecule has 28 heavy (non-hydrogen) atoms. The fourth-order valence-electron chi connectivity index (χ4n) is 3.25. The van der Waals surface area contributed by atoms with E-state index in [9.17, 15) is 9.59 Å². The number of fused-ring (bicyclic) bond motifs is 1. The molecule has 1 fully saturated rings. The minimum absolute atomic E-state index is 0.0716. The number of anilines is 2. The van der Waals surface area contributed by atoms with Crippen molar-refractivity contribution in [3.05, 3.63) is 35.8 Å². The summed E-state index contributed by atoms with van der Waals surface area (Å²) in [6.45, 7) is 6.11. The molecule has 9 nitrogen and oxygen atoms in total. The van der Waals surface area contributed by atoms with Gasteiger partial charge < -0.3 is 24.6 Å². The predicted octanol–water partition coefficient (Wildman–Crippen LogP) is 1.43. The first kappa shape index (κ1) is 18.0. The van der Waals surface area contributed by atoms with Crippen LogP contribution in [-0.4, -0.2) is 59.7 Å². The first-order valence-corrected chi connectivity index (χ1v) is 9.07. The van der Waals surface area contributed by atoms with Crippen LogP contribution in [0.4, 0.5) is 11.5 Å². The SMILES string of the molecule is CC(=O)N1CCN(c2cc(C(=O)Nc3ccc4c(c3)OCO4)nc(C)n2)CC1. The summed E-state index contributed by atoms with van der Waals surface area (Å²) in [7, 11) is 0. The van der Waals surface area contributed by atoms with Crippen LogP contribution in [0.1, 0.15) is 23.2 Å². The van der Waals surface area contributed by atoms with Gasteiger partial charge in [-0.3, -0.25) is 9.59 Å². The lowest BCUT2D eigenvalue weighted by Gasteiger charge is -2.35. The van der Waals surface area contributed by atoms with Crippen molar-refractivity contribution in [1.29, 1.82) is 0 Å². The molecule has 2 aliphatic rings. The third-order valence-corrected chi connectivity index (χ3v) is 4.74. The monoisotopic (exact) mass is 383 g/mol. The van der Waals surface area contributed by atoms with Crippen LogP contribution in [0.5, 0.6) is 11.5 Å². The second kappa shape index (κ2) is 7.34. The standard InChI is InChI=1S/C19H21N5O4/c1-12-20-15(10-18(21-12)24-7-5-23(6-8-24)13(2)25)19(26)22-14-3-4-16-17(9-14)28-11-27-16/h3-4,9-10H,5-8,11H2,1-2H3,(H,22,26). The number of ether oxygens (including phenoxy) is 2. The highest BCUT2D eigenvalue weighted by Crippen LogP contribution is 2.34. The van der Waals surface area contributed by atoms with Gasteiger partial charge >= 0.3 is 0 Å². The molecule has 1 aromatic carbocycles. The topological polar surface area (TPSA) is 96.9 Å². The summed E-state index contributed by atoms with van der Waals surface area (Å²) in [6.07, 6.45) is 0. The molecule has 1 N–H and O–H groups in total. The van der Waals surface area contributed by atoms with E-state index in [1.165, 1.54) is 0 Å². The van der Waals surface area contributed by atoms with Crippen molar-refractivity contribution in [3.63, 3.8) is 0 Å². The van der Waals surface area contributed by atoms with E-state index in [2.05, 4.69) is 20.2 Å². The zero-order valence-electron chi connectivity index (χ0n) is 15.8. The van der Waals surface area contributed by atoms with Crippen molar-refractivity contribution in [2.45, 2.75) is 13.8 Å². The van der Waals surface area contributed by atoms with E-state index >= 15 is 0 Å². The number of nitrogens with zero attached hydrogens (tertiary/aromatic N) is 4. The Morgan fingerprint density at radius 3 is 2.54 bits per heavy atom. The Labute approximate surface area is 162 Å². The van der Waals surface area contributed by atoms with Crippen LogP contribution in [0.25, 0.3) is 0 Å². The van der Waals surface area contributed by atoms with E-state index in [0.717, 1.165) is 0 Å². The van der Waals surface area contributed by atoms with Gasteiger partial charge in [0.2, 0.25) is 12.7 Å². The van der Waals surface area contributed by atoms with Crippen LogP contribution < -0.4 is 19.7 Å². The van der Waals surface area contributed by atoms with Crippen molar-refractivity contribution in [2.24, 2.45) is 0 Å². The Morgan fingerprint density at radius 2 is 1.79 bits per heavy atom. The van der Waals surface area contributed by atoms with Crippen LogP contribution >= 0.6 is 0 Å². The quantitative estimate of drug-likeness (QED) is 0.856. The fourth-order valence-corrected chi connectivity index (χ4v) is 3.25. The van der Waals surface area contributed by atoms with E-state index in [1.54, 1.807) is 43.0 Å². The lowest BCUT2D eigenvalue weighted by atomic mass is 10.2. The molecule has 4 rings (SSSR count). The molecule has 146 valence electrons. The fraction of sp³-hybridized carbons (Fsp3) is 0.368. The second-order valence-electron chi connectivity index (χ2n) is 6.67. The van der Waals surface area contributed by atoms with Crippen molar-refractivity contribution >= 4 is 23.3 Å². The maximum Gasteiger partial charge on any atom is 0.274 e. The van der Waals surface area contributed by atoms with Crippen molar-refractivity contribution in [1.82, 2.24) is 14.9 Å². The van der Waals surface area contributed by atoms with Crippen LogP contribution in [0.3, 0.4) is 0 Å². The molecule has 2 amide bonds. The molecular weight excluding hydrogens is 362 g/mol. The van der Waals surface area contributed by atoms with Gasteiger partial charge in [-0.2, -0.15) is 0 Å². The number of nitrogens with one attached hydrogen (secondary N) is 1. The van der Waals surface area contributed by atoms with Gasteiger partial charge in [0.25, 0.3) is 5.91 Å². The summed E-state index contributed by atoms with van der Waals surface area (Å²) in [4.78, 5) is 36.8. The van der Waals surface area contributed by atoms with Crippen LogP contribution in [0.15, 0.2) is 24.3 Å². The number of aryl methyl sites for hydroxylation is 1. The van der Waals surface area contributed by atoms with Gasteiger partial charge in [-0.1, -0.05) is 0 Å². The highest BCUT2D eigenvalue weighted by atomic mass is 16.7. The van der Waals surface area contributed by atoms with Crippen LogP contribution in [0, 0.1) is 6.92 Å². The summed E-state index contributed by atoms with van der Waals surface area (Å²) in [5.74, 6) is 2.20. The molecule has 2 aromatic rings. The molecule has 3 heterocycles. The molecule has 2 aliphatic heterocycles. The summed E-state index contributed by atoms with van der Waals surface area (Å²) in [5, 5.41) is 2.83. The van der Waals surface area contributed by atoms with Crippen LogP contribution in [-0.2, 0) is 4.79 Å². The number of carbonyl (C=O) groups is 2. The normalized spacial score (nSPS) is 15.5. The maximum absolute atomic E-state index is 12.7. The number of piperazine rings is 1. The summed E-state index contributed by atoms with van der Waals surface area (Å²) in [5.41, 5.74) is 0.885. The first-order chi connectivity index (χ1) is 13.5. The van der Waals surface area contributed by atoms with Gasteiger partial charge in [-0.25, -0.2) is 9.97 Å². The number of hydrogen-bond donors (Lipinski definition) is 1. The molecule has 0 radical (unpaired) electrons. The smallest absolute Gasteiger partial charge is 0.274 e. The van der Waals surface area contributed by atoms with Crippen LogP contribution in [0.2, 0.25) is 0 Å². The Kier molecular flexibility index (Phi) is 4.72. The maximum atomic E-state index is 12.7. The van der Waals surface area contributed by atoms with Gasteiger partial charge in [0.05, 0.1) is 0 Å². The van der Waals surface area contributed by atoms with E-state index in [0.29, 0.717) is 55.0 Å². The molecule has 1 saturated heterocycles. The number of amides is 2. The van der Waals surface area contributed by atoms with Gasteiger partial charge in [0.15, 0.2) is 11.5 Å². The number of aromatic nitrogens is 2. The largest absolute Gasteiger partial charge is 0.454 e. The summed E-state index contributed by atoms with van der Waals surface area (Å²) < 4.78 is 10.6. The van der Waals surface area contributed by atoms with Crippen molar-refractivity contribution in [3.8, 4) is 11.5 Å². The Bertz CT molecular complexity index is 925. The molecule has 0 saturated carbocycles. The van der Waals surface area contributed by atoms with Gasteiger partial charge in [-0.05, 0) is 19.1 Å². The van der Waals surface area contributed by atoms with E-state index in [4.69, 9.17) is 9.47 Å². The number of benzene rings is 1. The molecule has 1 aromatic heterocycles. The zero-order valence-corrected chi connectivity index (χ0v) is 15.8. The molecule has 0 spiro atoms. The molecule has 9 heteroatoms. The Morgan fingerprint density at radius 1 is 1.04 bits per heavy atom. The Balaban J connectivity index is 1.49. The average molecular weight is 383 g/mol.